The number of β-amino-alcohol motifs (C(OH)–C–C–N with tert-alkyl or cyclic N) is 1. The van der Waals surface area contributed by atoms with Crippen molar-refractivity contribution in [2.24, 2.45) is 0 Å². The van der Waals surface area contributed by atoms with E-state index >= 15 is 0 Å². The molecule has 1 N–H and O–H groups in total. The SMILES string of the molecule is O=C(N1CC(O)C1)C(F)(F)C(F)(F)F. The Bertz CT molecular complexity index is 245. The summed E-state index contributed by atoms with van der Waals surface area (Å²) in [6.45, 7) is -0.963. The van der Waals surface area contributed by atoms with Crippen molar-refractivity contribution in [1.82, 2.24) is 4.90 Å². The summed E-state index contributed by atoms with van der Waals surface area (Å²) in [5.74, 6) is -7.68. The Kier molecular flexibility index (Phi) is 2.42. The maximum atomic E-state index is 12.3. The predicted octanol–water partition coefficient (Wildman–Crippen LogP) is 0.387. The van der Waals surface area contributed by atoms with Gasteiger partial charge in [-0.1, -0.05) is 0 Å². The fourth-order valence-corrected chi connectivity index (χ4v) is 0.941. The van der Waals surface area contributed by atoms with Crippen LogP contribution in [0.5, 0.6) is 0 Å². The number of halogens is 5. The third-order valence-corrected chi connectivity index (χ3v) is 1.77. The van der Waals surface area contributed by atoms with Gasteiger partial charge in [0.2, 0.25) is 0 Å². The third-order valence-electron chi connectivity index (χ3n) is 1.77. The summed E-state index contributed by atoms with van der Waals surface area (Å²) < 4.78 is 59.6. The van der Waals surface area contributed by atoms with Crippen molar-refractivity contribution in [3.8, 4) is 0 Å². The molecular weight excluding hydrogens is 213 g/mol. The van der Waals surface area contributed by atoms with Crippen molar-refractivity contribution in [1.29, 1.82) is 0 Å². The van der Waals surface area contributed by atoms with Crippen LogP contribution in [0, 0.1) is 0 Å². The van der Waals surface area contributed by atoms with Gasteiger partial charge in [0.05, 0.1) is 6.10 Å². The molecule has 1 aliphatic rings. The predicted molar refractivity (Wildman–Crippen MR) is 33.6 cm³/mol. The second kappa shape index (κ2) is 3.04. The van der Waals surface area contributed by atoms with Gasteiger partial charge in [0, 0.05) is 13.1 Å². The number of hydrogen-bond donors (Lipinski definition) is 1. The first-order valence-electron chi connectivity index (χ1n) is 3.58. The minimum Gasteiger partial charge on any atom is -0.389 e. The number of likely N-dealkylation sites (tertiary alicyclic amines) is 1. The van der Waals surface area contributed by atoms with Gasteiger partial charge in [-0.2, -0.15) is 22.0 Å². The maximum absolute atomic E-state index is 12.3. The first kappa shape index (κ1) is 11.2. The summed E-state index contributed by atoms with van der Waals surface area (Å²) in [7, 11) is 0. The molecule has 8 heteroatoms. The lowest BCUT2D eigenvalue weighted by Crippen LogP contribution is -2.61. The van der Waals surface area contributed by atoms with Crippen LogP contribution in [0.25, 0.3) is 0 Å². The Morgan fingerprint density at radius 3 is 1.93 bits per heavy atom. The summed E-state index contributed by atoms with van der Waals surface area (Å²) in [5, 5.41) is 8.62. The highest BCUT2D eigenvalue weighted by atomic mass is 19.4. The van der Waals surface area contributed by atoms with Crippen LogP contribution in [0.3, 0.4) is 0 Å². The molecule has 14 heavy (non-hydrogen) atoms. The minimum absolute atomic E-state index is 0.262. The van der Waals surface area contributed by atoms with Gasteiger partial charge >= 0.3 is 18.0 Å². The Labute approximate surface area is 75.1 Å². The van der Waals surface area contributed by atoms with E-state index in [4.69, 9.17) is 5.11 Å². The molecule has 0 bridgehead atoms. The Morgan fingerprint density at radius 1 is 1.21 bits per heavy atom. The highest BCUT2D eigenvalue weighted by molar-refractivity contribution is 5.85. The molecule has 0 radical (unpaired) electrons. The number of aliphatic hydroxyl groups is 1. The van der Waals surface area contributed by atoms with Crippen LogP contribution < -0.4 is 0 Å². The first-order chi connectivity index (χ1) is 6.16. The molecule has 0 aromatic carbocycles. The van der Waals surface area contributed by atoms with Crippen LogP contribution in [0.1, 0.15) is 0 Å². The zero-order valence-corrected chi connectivity index (χ0v) is 6.68. The van der Waals surface area contributed by atoms with E-state index in [-0.39, 0.29) is 4.90 Å². The fourth-order valence-electron chi connectivity index (χ4n) is 0.941. The van der Waals surface area contributed by atoms with Crippen LogP contribution in [-0.2, 0) is 4.79 Å². The lowest BCUT2D eigenvalue weighted by Gasteiger charge is -2.37. The van der Waals surface area contributed by atoms with Crippen LogP contribution in [-0.4, -0.2) is 47.2 Å². The smallest absolute Gasteiger partial charge is 0.389 e. The van der Waals surface area contributed by atoms with Crippen molar-refractivity contribution in [2.75, 3.05) is 13.1 Å². The summed E-state index contributed by atoms with van der Waals surface area (Å²) in [4.78, 5) is 10.8. The van der Waals surface area contributed by atoms with Crippen LogP contribution in [0.15, 0.2) is 0 Å². The van der Waals surface area contributed by atoms with Gasteiger partial charge in [0.15, 0.2) is 0 Å². The van der Waals surface area contributed by atoms with Crippen molar-refractivity contribution in [3.05, 3.63) is 0 Å². The van der Waals surface area contributed by atoms with E-state index in [2.05, 4.69) is 0 Å². The number of rotatable bonds is 1. The molecule has 1 heterocycles. The largest absolute Gasteiger partial charge is 0.463 e. The Balaban J connectivity index is 2.69. The molecule has 1 fully saturated rings. The van der Waals surface area contributed by atoms with Gasteiger partial charge in [-0.3, -0.25) is 4.79 Å². The number of amides is 1. The minimum atomic E-state index is -5.88. The van der Waals surface area contributed by atoms with Crippen molar-refractivity contribution in [2.45, 2.75) is 18.2 Å². The number of carbonyl (C=O) groups excluding carboxylic acids is 1. The molecular formula is C6H6F5NO2. The number of alkyl halides is 5. The maximum Gasteiger partial charge on any atom is 0.463 e. The molecule has 0 saturated carbocycles. The number of hydrogen-bond acceptors (Lipinski definition) is 2. The van der Waals surface area contributed by atoms with Crippen molar-refractivity contribution < 1.29 is 31.9 Å². The molecule has 0 aromatic heterocycles. The monoisotopic (exact) mass is 219 g/mol. The molecule has 0 atom stereocenters. The van der Waals surface area contributed by atoms with Gasteiger partial charge in [0.1, 0.15) is 0 Å². The molecule has 1 aliphatic heterocycles. The number of carbonyl (C=O) groups is 1. The molecule has 1 saturated heterocycles. The molecule has 0 aromatic rings. The average molecular weight is 219 g/mol. The molecule has 0 unspecified atom stereocenters. The lowest BCUT2D eigenvalue weighted by molar-refractivity contribution is -0.277. The van der Waals surface area contributed by atoms with Crippen LogP contribution in [0.2, 0.25) is 0 Å². The van der Waals surface area contributed by atoms with Gasteiger partial charge in [0.25, 0.3) is 0 Å². The van der Waals surface area contributed by atoms with E-state index in [1.807, 2.05) is 0 Å². The fraction of sp³-hybridized carbons (Fsp3) is 0.833. The van der Waals surface area contributed by atoms with Crippen LogP contribution >= 0.6 is 0 Å². The van der Waals surface area contributed by atoms with E-state index in [0.717, 1.165) is 0 Å². The second-order valence-corrected chi connectivity index (χ2v) is 2.94. The van der Waals surface area contributed by atoms with E-state index in [9.17, 15) is 26.7 Å². The summed E-state index contributed by atoms with van der Waals surface area (Å²) in [6, 6.07) is 0. The summed E-state index contributed by atoms with van der Waals surface area (Å²) in [6.07, 6.45) is -6.90. The number of aliphatic hydroxyl groups excluding tert-OH is 1. The summed E-state index contributed by atoms with van der Waals surface area (Å²) >= 11 is 0. The molecule has 82 valence electrons. The lowest BCUT2D eigenvalue weighted by atomic mass is 10.1. The van der Waals surface area contributed by atoms with Gasteiger partial charge in [-0.05, 0) is 0 Å². The third kappa shape index (κ3) is 1.66. The summed E-state index contributed by atoms with van der Waals surface area (Å²) in [5.41, 5.74) is 0. The first-order valence-corrected chi connectivity index (χ1v) is 3.58. The highest BCUT2D eigenvalue weighted by Crippen LogP contribution is 2.37. The van der Waals surface area contributed by atoms with Gasteiger partial charge in [-0.15, -0.1) is 0 Å². The zero-order valence-electron chi connectivity index (χ0n) is 6.68. The van der Waals surface area contributed by atoms with E-state index < -0.39 is 37.2 Å². The zero-order chi connectivity index (χ0) is 11.1. The van der Waals surface area contributed by atoms with E-state index in [1.54, 1.807) is 0 Å². The van der Waals surface area contributed by atoms with Crippen molar-refractivity contribution in [3.63, 3.8) is 0 Å². The Hall–Kier alpha value is -0.920. The van der Waals surface area contributed by atoms with E-state index in [0.29, 0.717) is 0 Å². The molecule has 0 aliphatic carbocycles. The molecule has 1 amide bonds. The molecule has 0 spiro atoms. The van der Waals surface area contributed by atoms with Crippen LogP contribution in [0.4, 0.5) is 22.0 Å². The Morgan fingerprint density at radius 2 is 1.64 bits per heavy atom. The average Bonchev–Trinajstić information content (AvgIpc) is 1.95. The molecule has 3 nitrogen and oxygen atoms in total. The topological polar surface area (TPSA) is 40.5 Å². The van der Waals surface area contributed by atoms with Gasteiger partial charge in [-0.25, -0.2) is 0 Å². The van der Waals surface area contributed by atoms with Gasteiger partial charge < -0.3 is 10.0 Å². The quantitative estimate of drug-likeness (QED) is 0.648. The highest BCUT2D eigenvalue weighted by Gasteiger charge is 2.65. The standard InChI is InChI=1S/C6H6F5NO2/c7-5(8,6(9,10)11)4(14)12-1-3(13)2-12/h3,13H,1-2H2. The second-order valence-electron chi connectivity index (χ2n) is 2.94. The molecule has 1 rings (SSSR count). The number of nitrogens with zero attached hydrogens (tertiary/aromatic N) is 1. The van der Waals surface area contributed by atoms with Crippen molar-refractivity contribution >= 4 is 5.91 Å². The normalized spacial score (nSPS) is 19.4. The van der Waals surface area contributed by atoms with E-state index in [1.165, 1.54) is 0 Å².